The first kappa shape index (κ1) is 15.8. The number of Topliss-reactive ketones (excluding diaryl/α,β-unsaturated/α-hetero) is 1. The first-order chi connectivity index (χ1) is 10.4. The van der Waals surface area contributed by atoms with Crippen LogP contribution in [0.1, 0.15) is 38.8 Å². The molecule has 22 heavy (non-hydrogen) atoms. The van der Waals surface area contributed by atoms with Gasteiger partial charge in [-0.1, -0.05) is 12.1 Å². The number of carbonyl (C=O) groups excluding carboxylic acids is 2. The molecular weight excluding hydrogens is 278 g/mol. The number of hydrogen-bond donors (Lipinski definition) is 1. The Morgan fingerprint density at radius 1 is 1.05 bits per heavy atom. The molecule has 2 aromatic carbocycles. The van der Waals surface area contributed by atoms with E-state index in [0.29, 0.717) is 16.8 Å². The third kappa shape index (κ3) is 3.17. The van der Waals surface area contributed by atoms with Gasteiger partial charge in [-0.2, -0.15) is 0 Å². The quantitative estimate of drug-likeness (QED) is 0.874. The molecule has 1 N–H and O–H groups in total. The standard InChI is InChI=1S/C18H19NO3/c1-11-12(2)17(22-4)9-8-16(11)18(21)19-15-7-5-6-14(10-15)13(3)20/h5-10H,1-4H3,(H,19,21). The molecule has 2 rings (SSSR count). The number of amides is 1. The van der Waals surface area contributed by atoms with Gasteiger partial charge in [0.1, 0.15) is 5.75 Å². The van der Waals surface area contributed by atoms with Crippen molar-refractivity contribution in [1.29, 1.82) is 0 Å². The minimum Gasteiger partial charge on any atom is -0.496 e. The lowest BCUT2D eigenvalue weighted by molar-refractivity contribution is 0.101. The molecule has 0 heterocycles. The summed E-state index contributed by atoms with van der Waals surface area (Å²) < 4.78 is 5.25. The van der Waals surface area contributed by atoms with Gasteiger partial charge >= 0.3 is 0 Å². The fourth-order valence-electron chi connectivity index (χ4n) is 2.28. The van der Waals surface area contributed by atoms with Crippen LogP contribution >= 0.6 is 0 Å². The second kappa shape index (κ2) is 6.43. The minimum atomic E-state index is -0.205. The number of hydrogen-bond acceptors (Lipinski definition) is 3. The molecule has 1 amide bonds. The molecule has 0 aromatic heterocycles. The van der Waals surface area contributed by atoms with Crippen LogP contribution in [0.3, 0.4) is 0 Å². The van der Waals surface area contributed by atoms with Crippen LogP contribution in [0.15, 0.2) is 36.4 Å². The number of benzene rings is 2. The lowest BCUT2D eigenvalue weighted by Gasteiger charge is -2.13. The van der Waals surface area contributed by atoms with E-state index in [1.807, 2.05) is 13.8 Å². The van der Waals surface area contributed by atoms with Crippen LogP contribution in [-0.2, 0) is 0 Å². The molecule has 2 aromatic rings. The molecule has 0 aliphatic carbocycles. The highest BCUT2D eigenvalue weighted by molar-refractivity contribution is 6.06. The van der Waals surface area contributed by atoms with Crippen LogP contribution in [0.4, 0.5) is 5.69 Å². The van der Waals surface area contributed by atoms with Gasteiger partial charge in [-0.25, -0.2) is 0 Å². The van der Waals surface area contributed by atoms with E-state index in [1.165, 1.54) is 6.92 Å². The Balaban J connectivity index is 2.28. The highest BCUT2D eigenvalue weighted by Crippen LogP contribution is 2.24. The van der Waals surface area contributed by atoms with Gasteiger partial charge in [0.25, 0.3) is 5.91 Å². The van der Waals surface area contributed by atoms with Gasteiger partial charge in [-0.05, 0) is 56.2 Å². The predicted molar refractivity (Wildman–Crippen MR) is 86.9 cm³/mol. The van der Waals surface area contributed by atoms with E-state index in [1.54, 1.807) is 43.5 Å². The van der Waals surface area contributed by atoms with E-state index in [2.05, 4.69) is 5.32 Å². The van der Waals surface area contributed by atoms with E-state index in [9.17, 15) is 9.59 Å². The van der Waals surface area contributed by atoms with Crippen molar-refractivity contribution >= 4 is 17.4 Å². The molecule has 0 saturated carbocycles. The number of carbonyl (C=O) groups is 2. The molecule has 4 nitrogen and oxygen atoms in total. The number of ketones is 1. The number of methoxy groups -OCH3 is 1. The average Bonchev–Trinajstić information content (AvgIpc) is 2.50. The maximum absolute atomic E-state index is 12.4. The van der Waals surface area contributed by atoms with Gasteiger partial charge in [0.05, 0.1) is 7.11 Å². The third-order valence-electron chi connectivity index (χ3n) is 3.73. The van der Waals surface area contributed by atoms with Gasteiger partial charge in [0.15, 0.2) is 5.78 Å². The van der Waals surface area contributed by atoms with Gasteiger partial charge in [0, 0.05) is 16.8 Å². The maximum atomic E-state index is 12.4. The fourth-order valence-corrected chi connectivity index (χ4v) is 2.28. The molecule has 0 atom stereocenters. The summed E-state index contributed by atoms with van der Waals surface area (Å²) >= 11 is 0. The van der Waals surface area contributed by atoms with Crippen LogP contribution in [0.25, 0.3) is 0 Å². The SMILES string of the molecule is COc1ccc(C(=O)Nc2cccc(C(C)=O)c2)c(C)c1C. The number of nitrogens with one attached hydrogen (secondary N) is 1. The van der Waals surface area contributed by atoms with Crippen molar-refractivity contribution in [2.75, 3.05) is 12.4 Å². The average molecular weight is 297 g/mol. The second-order valence-electron chi connectivity index (χ2n) is 5.16. The van der Waals surface area contributed by atoms with Gasteiger partial charge < -0.3 is 10.1 Å². The number of ether oxygens (including phenoxy) is 1. The Kier molecular flexibility index (Phi) is 4.61. The normalized spacial score (nSPS) is 10.2. The van der Waals surface area contributed by atoms with Crippen LogP contribution in [0.5, 0.6) is 5.75 Å². The lowest BCUT2D eigenvalue weighted by Crippen LogP contribution is -2.14. The molecule has 114 valence electrons. The number of rotatable bonds is 4. The summed E-state index contributed by atoms with van der Waals surface area (Å²) in [5.41, 5.74) is 3.57. The van der Waals surface area contributed by atoms with Gasteiger partial charge in [0.2, 0.25) is 0 Å². The van der Waals surface area contributed by atoms with E-state index in [-0.39, 0.29) is 11.7 Å². The molecule has 0 bridgehead atoms. The fraction of sp³-hybridized carbons (Fsp3) is 0.222. The van der Waals surface area contributed by atoms with Crippen molar-refractivity contribution in [3.05, 3.63) is 58.7 Å². The first-order valence-corrected chi connectivity index (χ1v) is 7.00. The van der Waals surface area contributed by atoms with Crippen molar-refractivity contribution in [2.45, 2.75) is 20.8 Å². The summed E-state index contributed by atoms with van der Waals surface area (Å²) in [7, 11) is 1.61. The van der Waals surface area contributed by atoms with Crippen LogP contribution in [0.2, 0.25) is 0 Å². The van der Waals surface area contributed by atoms with E-state index in [0.717, 1.165) is 16.9 Å². The predicted octanol–water partition coefficient (Wildman–Crippen LogP) is 3.77. The van der Waals surface area contributed by atoms with Crippen molar-refractivity contribution in [3.63, 3.8) is 0 Å². The van der Waals surface area contributed by atoms with Crippen molar-refractivity contribution in [1.82, 2.24) is 0 Å². The summed E-state index contributed by atoms with van der Waals surface area (Å²) in [5.74, 6) is 0.518. The monoisotopic (exact) mass is 297 g/mol. The van der Waals surface area contributed by atoms with Crippen LogP contribution in [-0.4, -0.2) is 18.8 Å². The third-order valence-corrected chi connectivity index (χ3v) is 3.73. The van der Waals surface area contributed by atoms with E-state index >= 15 is 0 Å². The molecule has 0 radical (unpaired) electrons. The summed E-state index contributed by atoms with van der Waals surface area (Å²) in [5, 5.41) is 2.83. The molecular formula is C18H19NO3. The van der Waals surface area contributed by atoms with Crippen molar-refractivity contribution in [3.8, 4) is 5.75 Å². The second-order valence-corrected chi connectivity index (χ2v) is 5.16. The smallest absolute Gasteiger partial charge is 0.255 e. The van der Waals surface area contributed by atoms with Crippen molar-refractivity contribution in [2.24, 2.45) is 0 Å². The molecule has 0 aliphatic heterocycles. The molecule has 4 heteroatoms. The highest BCUT2D eigenvalue weighted by Gasteiger charge is 2.13. The highest BCUT2D eigenvalue weighted by atomic mass is 16.5. The molecule has 0 aliphatic rings. The topological polar surface area (TPSA) is 55.4 Å². The molecule has 0 unspecified atom stereocenters. The Hall–Kier alpha value is -2.62. The summed E-state index contributed by atoms with van der Waals surface area (Å²) in [6.07, 6.45) is 0. The van der Waals surface area contributed by atoms with E-state index < -0.39 is 0 Å². The van der Waals surface area contributed by atoms with Gasteiger partial charge in [-0.3, -0.25) is 9.59 Å². The van der Waals surface area contributed by atoms with Crippen molar-refractivity contribution < 1.29 is 14.3 Å². The zero-order valence-corrected chi connectivity index (χ0v) is 13.2. The summed E-state index contributed by atoms with van der Waals surface area (Å²) in [4.78, 5) is 23.8. The van der Waals surface area contributed by atoms with Gasteiger partial charge in [-0.15, -0.1) is 0 Å². The maximum Gasteiger partial charge on any atom is 0.255 e. The molecule has 0 spiro atoms. The molecule has 0 saturated heterocycles. The van der Waals surface area contributed by atoms with Crippen LogP contribution in [0, 0.1) is 13.8 Å². The first-order valence-electron chi connectivity index (χ1n) is 7.00. The zero-order valence-electron chi connectivity index (χ0n) is 13.2. The van der Waals surface area contributed by atoms with E-state index in [4.69, 9.17) is 4.74 Å². The Morgan fingerprint density at radius 2 is 1.77 bits per heavy atom. The summed E-state index contributed by atoms with van der Waals surface area (Å²) in [6.45, 7) is 5.30. The Labute approximate surface area is 130 Å². The Morgan fingerprint density at radius 3 is 2.41 bits per heavy atom. The molecule has 0 fully saturated rings. The van der Waals surface area contributed by atoms with Crippen LogP contribution < -0.4 is 10.1 Å². The zero-order chi connectivity index (χ0) is 16.3. The largest absolute Gasteiger partial charge is 0.496 e. The lowest BCUT2D eigenvalue weighted by atomic mass is 10.0. The number of anilines is 1. The minimum absolute atomic E-state index is 0.0347. The Bertz CT molecular complexity index is 735. The summed E-state index contributed by atoms with van der Waals surface area (Å²) in [6, 6.07) is 10.4.